The van der Waals surface area contributed by atoms with Crippen molar-refractivity contribution in [1.29, 1.82) is 0 Å². The fourth-order valence-electron chi connectivity index (χ4n) is 10.1. The molecule has 0 saturated heterocycles. The standard InChI is InChI=1S/C76H132O6/c1-4-7-10-13-16-19-22-25-28-31-34-36-38-40-42-45-48-51-54-57-60-63-66-69-75(78)81-72-73(71-80-74(77)68-65-62-59-56-53-50-47-44-33-30-27-24-21-18-15-12-9-6-3)82-76(79)70-67-64-61-58-55-52-49-46-43-41-39-37-35-32-29-26-23-20-17-14-11-8-5-2/h7-8,10-11,16-17,19-20,25-26,28-29,34-37,73H,4-6,9,12-15,18,21-24,27,30-33,38-72H2,1-3H3/b10-7-,11-8-,19-16-,20-17-,28-25-,29-26-,36-34-,37-35-. The molecule has 0 N–H and O–H groups in total. The fraction of sp³-hybridized carbons (Fsp3) is 0.750. The first-order valence-corrected chi connectivity index (χ1v) is 35.2. The predicted molar refractivity (Wildman–Crippen MR) is 357 cm³/mol. The summed E-state index contributed by atoms with van der Waals surface area (Å²) in [5.41, 5.74) is 0. The number of unbranched alkanes of at least 4 members (excludes halogenated alkanes) is 37. The summed E-state index contributed by atoms with van der Waals surface area (Å²) in [5, 5.41) is 0. The maximum atomic E-state index is 13.0. The SMILES string of the molecule is CC/C=C\C/C=C\C/C=C\C/C=C\CCCCCCCCCCCCC(=O)OCC(COC(=O)CCCCCCCCCCCCCCCCCCCC)OC(=O)CCCCCCCCCCCC/C=C\C/C=C\C/C=C\C/C=C\CC. The molecular formula is C76H132O6. The first kappa shape index (κ1) is 78.3. The number of hydrogen-bond acceptors (Lipinski definition) is 6. The maximum absolute atomic E-state index is 13.0. The Morgan fingerprint density at radius 3 is 0.744 bits per heavy atom. The smallest absolute Gasteiger partial charge is 0.306 e. The van der Waals surface area contributed by atoms with Gasteiger partial charge in [-0.1, -0.05) is 330 Å². The van der Waals surface area contributed by atoms with Crippen LogP contribution in [0.3, 0.4) is 0 Å². The molecule has 0 aromatic heterocycles. The molecule has 0 radical (unpaired) electrons. The van der Waals surface area contributed by atoms with E-state index in [0.717, 1.165) is 109 Å². The van der Waals surface area contributed by atoms with Gasteiger partial charge in [0.1, 0.15) is 13.2 Å². The Bertz CT molecular complexity index is 1590. The Balaban J connectivity index is 4.37. The van der Waals surface area contributed by atoms with E-state index in [9.17, 15) is 14.4 Å². The van der Waals surface area contributed by atoms with Crippen molar-refractivity contribution in [1.82, 2.24) is 0 Å². The average Bonchev–Trinajstić information content (AvgIpc) is 3.47. The van der Waals surface area contributed by atoms with E-state index in [4.69, 9.17) is 14.2 Å². The molecule has 0 aliphatic rings. The molecule has 0 aromatic rings. The van der Waals surface area contributed by atoms with Crippen LogP contribution in [0.1, 0.15) is 348 Å². The van der Waals surface area contributed by atoms with Crippen molar-refractivity contribution in [2.24, 2.45) is 0 Å². The monoisotopic (exact) mass is 1140 g/mol. The Kier molecular flexibility index (Phi) is 66.7. The third-order valence-corrected chi connectivity index (χ3v) is 15.3. The molecule has 6 nitrogen and oxygen atoms in total. The Morgan fingerprint density at radius 2 is 0.476 bits per heavy atom. The van der Waals surface area contributed by atoms with Crippen LogP contribution in [0.5, 0.6) is 0 Å². The van der Waals surface area contributed by atoms with Crippen molar-refractivity contribution in [2.45, 2.75) is 354 Å². The number of hydrogen-bond donors (Lipinski definition) is 0. The maximum Gasteiger partial charge on any atom is 0.306 e. The van der Waals surface area contributed by atoms with E-state index in [1.54, 1.807) is 0 Å². The van der Waals surface area contributed by atoms with Crippen LogP contribution >= 0.6 is 0 Å². The van der Waals surface area contributed by atoms with Crippen LogP contribution in [0.4, 0.5) is 0 Å². The summed E-state index contributed by atoms with van der Waals surface area (Å²) in [5.74, 6) is -0.866. The molecule has 0 spiro atoms. The minimum Gasteiger partial charge on any atom is -0.462 e. The largest absolute Gasteiger partial charge is 0.462 e. The summed E-state index contributed by atoms with van der Waals surface area (Å²) in [4.78, 5) is 38.5. The molecule has 0 rings (SSSR count). The highest BCUT2D eigenvalue weighted by atomic mass is 16.6. The highest BCUT2D eigenvalue weighted by molar-refractivity contribution is 5.71. The van der Waals surface area contributed by atoms with Crippen LogP contribution in [-0.4, -0.2) is 37.2 Å². The molecule has 0 aliphatic carbocycles. The van der Waals surface area contributed by atoms with Crippen LogP contribution in [-0.2, 0) is 28.6 Å². The van der Waals surface area contributed by atoms with Crippen LogP contribution < -0.4 is 0 Å². The van der Waals surface area contributed by atoms with Gasteiger partial charge in [-0.15, -0.1) is 0 Å². The van der Waals surface area contributed by atoms with Crippen molar-refractivity contribution in [3.05, 3.63) is 97.2 Å². The molecule has 1 atom stereocenters. The van der Waals surface area contributed by atoms with Crippen LogP contribution in [0, 0.1) is 0 Å². The van der Waals surface area contributed by atoms with Crippen molar-refractivity contribution < 1.29 is 28.6 Å². The molecule has 82 heavy (non-hydrogen) atoms. The molecule has 0 aromatic carbocycles. The summed E-state index contributed by atoms with van der Waals surface area (Å²) in [7, 11) is 0. The minimum absolute atomic E-state index is 0.0768. The van der Waals surface area contributed by atoms with E-state index in [2.05, 4.69) is 118 Å². The predicted octanol–water partition coefficient (Wildman–Crippen LogP) is 24.4. The lowest BCUT2D eigenvalue weighted by atomic mass is 10.0. The van der Waals surface area contributed by atoms with Gasteiger partial charge in [-0.25, -0.2) is 0 Å². The van der Waals surface area contributed by atoms with Crippen LogP contribution in [0.2, 0.25) is 0 Å². The molecule has 0 aliphatic heterocycles. The first-order valence-electron chi connectivity index (χ1n) is 35.2. The van der Waals surface area contributed by atoms with Gasteiger partial charge in [-0.2, -0.15) is 0 Å². The summed E-state index contributed by atoms with van der Waals surface area (Å²) in [6.07, 6.45) is 94.2. The number of allylic oxidation sites excluding steroid dienone is 16. The molecule has 472 valence electrons. The molecule has 6 heteroatoms. The van der Waals surface area contributed by atoms with E-state index < -0.39 is 6.10 Å². The lowest BCUT2D eigenvalue weighted by Crippen LogP contribution is -2.30. The van der Waals surface area contributed by atoms with Gasteiger partial charge in [0.05, 0.1) is 0 Å². The third-order valence-electron chi connectivity index (χ3n) is 15.3. The second kappa shape index (κ2) is 69.8. The van der Waals surface area contributed by atoms with E-state index in [0.29, 0.717) is 19.3 Å². The average molecular weight is 1140 g/mol. The van der Waals surface area contributed by atoms with Crippen LogP contribution in [0.25, 0.3) is 0 Å². The van der Waals surface area contributed by atoms with Crippen molar-refractivity contribution in [3.63, 3.8) is 0 Å². The number of carbonyl (C=O) groups excluding carboxylic acids is 3. The fourth-order valence-corrected chi connectivity index (χ4v) is 10.1. The minimum atomic E-state index is -0.783. The molecule has 0 amide bonds. The Morgan fingerprint density at radius 1 is 0.256 bits per heavy atom. The van der Waals surface area contributed by atoms with Gasteiger partial charge in [-0.3, -0.25) is 14.4 Å². The van der Waals surface area contributed by atoms with E-state index >= 15 is 0 Å². The van der Waals surface area contributed by atoms with Gasteiger partial charge in [0, 0.05) is 19.3 Å². The highest BCUT2D eigenvalue weighted by Gasteiger charge is 2.19. The quantitative estimate of drug-likeness (QED) is 0.0261. The topological polar surface area (TPSA) is 78.9 Å². The van der Waals surface area contributed by atoms with Gasteiger partial charge < -0.3 is 14.2 Å². The molecule has 0 bridgehead atoms. The van der Waals surface area contributed by atoms with Crippen molar-refractivity contribution >= 4 is 17.9 Å². The molecule has 0 fully saturated rings. The third kappa shape index (κ3) is 67.1. The zero-order valence-electron chi connectivity index (χ0n) is 54.2. The van der Waals surface area contributed by atoms with Crippen LogP contribution in [0.15, 0.2) is 97.2 Å². The number of rotatable bonds is 64. The lowest BCUT2D eigenvalue weighted by Gasteiger charge is -2.18. The number of ether oxygens (including phenoxy) is 3. The van der Waals surface area contributed by atoms with E-state index in [1.165, 1.54) is 199 Å². The highest BCUT2D eigenvalue weighted by Crippen LogP contribution is 2.18. The second-order valence-corrected chi connectivity index (χ2v) is 23.4. The van der Waals surface area contributed by atoms with E-state index in [-0.39, 0.29) is 31.1 Å². The molecule has 0 saturated carbocycles. The van der Waals surface area contributed by atoms with Gasteiger partial charge in [0.25, 0.3) is 0 Å². The molecule has 0 heterocycles. The molecular weight excluding hydrogens is 1010 g/mol. The van der Waals surface area contributed by atoms with Gasteiger partial charge in [-0.05, 0) is 96.3 Å². The summed E-state index contributed by atoms with van der Waals surface area (Å²) in [6, 6.07) is 0. The summed E-state index contributed by atoms with van der Waals surface area (Å²) in [6.45, 7) is 6.46. The zero-order chi connectivity index (χ0) is 59.2. The number of carbonyl (C=O) groups is 3. The second-order valence-electron chi connectivity index (χ2n) is 23.4. The van der Waals surface area contributed by atoms with Gasteiger partial charge in [0.2, 0.25) is 0 Å². The van der Waals surface area contributed by atoms with Gasteiger partial charge in [0.15, 0.2) is 6.10 Å². The zero-order valence-corrected chi connectivity index (χ0v) is 54.2. The van der Waals surface area contributed by atoms with Crippen molar-refractivity contribution in [2.75, 3.05) is 13.2 Å². The molecule has 1 unspecified atom stereocenters. The van der Waals surface area contributed by atoms with E-state index in [1.807, 2.05) is 0 Å². The Hall–Kier alpha value is -3.67. The summed E-state index contributed by atoms with van der Waals surface area (Å²) < 4.78 is 17.0. The normalized spacial score (nSPS) is 12.7. The first-order chi connectivity index (χ1) is 40.5. The van der Waals surface area contributed by atoms with Gasteiger partial charge >= 0.3 is 17.9 Å². The lowest BCUT2D eigenvalue weighted by molar-refractivity contribution is -0.167. The summed E-state index contributed by atoms with van der Waals surface area (Å²) >= 11 is 0. The van der Waals surface area contributed by atoms with Crippen molar-refractivity contribution in [3.8, 4) is 0 Å². The Labute approximate surface area is 508 Å². The number of esters is 3.